The Morgan fingerprint density at radius 3 is 1.56 bits per heavy atom. The van der Waals surface area contributed by atoms with Crippen LogP contribution in [0.25, 0.3) is 88.0 Å². The number of furan rings is 1. The van der Waals surface area contributed by atoms with Crippen molar-refractivity contribution in [3.05, 3.63) is 237 Å². The SMILES string of the molecule is c1ccc(-c2ccc(N3B4c5cc(-c6ccccc6)ccc5N(c5ccc(-c6ccccc6)cc5)c5c4c(cc4ccccc54)-c4ccc5c(oc6cc7ccccc7cc65)c43)cc2)cc1. The van der Waals surface area contributed by atoms with Crippen molar-refractivity contribution in [1.29, 1.82) is 0 Å². The lowest BCUT2D eigenvalue weighted by Crippen LogP contribution is -2.61. The van der Waals surface area contributed by atoms with Crippen LogP contribution < -0.4 is 20.6 Å². The molecule has 0 amide bonds. The van der Waals surface area contributed by atoms with Crippen LogP contribution in [0.4, 0.5) is 28.4 Å². The molecule has 1 aromatic heterocycles. The van der Waals surface area contributed by atoms with Gasteiger partial charge in [-0.2, -0.15) is 0 Å². The zero-order chi connectivity index (χ0) is 43.3. The molecule has 0 N–H and O–H groups in total. The zero-order valence-corrected chi connectivity index (χ0v) is 35.9. The normalized spacial score (nSPS) is 12.8. The van der Waals surface area contributed by atoms with Gasteiger partial charge in [0.25, 0.3) is 0 Å². The first-order valence-electron chi connectivity index (χ1n) is 22.8. The maximum atomic E-state index is 7.21. The molecule has 0 fully saturated rings. The van der Waals surface area contributed by atoms with Gasteiger partial charge in [-0.15, -0.1) is 0 Å². The maximum Gasteiger partial charge on any atom is 0.333 e. The molecule has 0 spiro atoms. The van der Waals surface area contributed by atoms with Crippen molar-refractivity contribution in [2.24, 2.45) is 0 Å². The van der Waals surface area contributed by atoms with E-state index in [0.717, 1.165) is 50.3 Å². The number of fused-ring (bicyclic) bond motifs is 11. The number of hydrogen-bond donors (Lipinski definition) is 0. The second kappa shape index (κ2) is 14.5. The van der Waals surface area contributed by atoms with Crippen LogP contribution in [0.1, 0.15) is 0 Å². The van der Waals surface area contributed by atoms with E-state index in [4.69, 9.17) is 4.42 Å². The summed E-state index contributed by atoms with van der Waals surface area (Å²) in [6.45, 7) is -0.217. The van der Waals surface area contributed by atoms with Gasteiger partial charge < -0.3 is 14.1 Å². The monoisotopic (exact) mass is 838 g/mol. The molecule has 12 aromatic rings. The summed E-state index contributed by atoms with van der Waals surface area (Å²) in [6, 6.07) is 86.6. The van der Waals surface area contributed by atoms with Crippen LogP contribution >= 0.6 is 0 Å². The van der Waals surface area contributed by atoms with Gasteiger partial charge in [-0.25, -0.2) is 0 Å². The topological polar surface area (TPSA) is 19.6 Å². The predicted molar refractivity (Wildman–Crippen MR) is 279 cm³/mol. The minimum absolute atomic E-state index is 0.217. The Morgan fingerprint density at radius 1 is 0.348 bits per heavy atom. The Hall–Kier alpha value is -8.60. The van der Waals surface area contributed by atoms with Gasteiger partial charge in [0.15, 0.2) is 5.58 Å². The van der Waals surface area contributed by atoms with Crippen molar-refractivity contribution < 1.29 is 4.42 Å². The van der Waals surface area contributed by atoms with E-state index < -0.39 is 0 Å². The summed E-state index contributed by atoms with van der Waals surface area (Å²) in [5, 5.41) is 7.01. The smallest absolute Gasteiger partial charge is 0.333 e. The minimum Gasteiger partial charge on any atom is -0.454 e. The summed E-state index contributed by atoms with van der Waals surface area (Å²) in [5.41, 5.74) is 19.4. The van der Waals surface area contributed by atoms with E-state index in [0.29, 0.717) is 0 Å². The molecule has 2 aliphatic heterocycles. The first kappa shape index (κ1) is 36.8. The summed E-state index contributed by atoms with van der Waals surface area (Å²) in [7, 11) is 0. The fourth-order valence-corrected chi connectivity index (χ4v) is 10.9. The van der Waals surface area contributed by atoms with Crippen molar-refractivity contribution in [1.82, 2.24) is 0 Å². The van der Waals surface area contributed by atoms with E-state index >= 15 is 0 Å². The standard InChI is InChI=1S/C62H39BN2O/c1-4-14-40(15-5-1)43-24-29-49(30-25-43)64-57-35-28-47(42-18-8-3-9-19-42)38-56(57)63-59-55(37-48-22-12-13-23-51(48)60(59)64)52-33-34-53-54-36-45-20-10-11-21-46(45)39-58(54)66-62(53)61(52)65(63)50-31-26-44(27-32-50)41-16-6-2-7-17-41/h1-39H. The Kier molecular flexibility index (Phi) is 8.08. The fraction of sp³-hybridized carbons (Fsp3) is 0. The third-order valence-electron chi connectivity index (χ3n) is 14.0. The molecule has 3 nitrogen and oxygen atoms in total. The number of benzene rings is 11. The van der Waals surface area contributed by atoms with Gasteiger partial charge >= 0.3 is 6.85 Å². The average Bonchev–Trinajstić information content (AvgIpc) is 3.76. The molecule has 0 bridgehead atoms. The number of nitrogens with zero attached hydrogens (tertiary/aromatic N) is 2. The van der Waals surface area contributed by atoms with Crippen molar-refractivity contribution in [2.45, 2.75) is 0 Å². The van der Waals surface area contributed by atoms with E-state index in [9.17, 15) is 0 Å². The molecule has 0 saturated carbocycles. The summed E-state index contributed by atoms with van der Waals surface area (Å²) in [4.78, 5) is 5.13. The van der Waals surface area contributed by atoms with Crippen LogP contribution in [0.2, 0.25) is 0 Å². The van der Waals surface area contributed by atoms with Gasteiger partial charge in [0, 0.05) is 38.8 Å². The van der Waals surface area contributed by atoms with Gasteiger partial charge in [0.05, 0.1) is 11.4 Å². The van der Waals surface area contributed by atoms with Crippen LogP contribution in [0.5, 0.6) is 0 Å². The van der Waals surface area contributed by atoms with E-state index in [-0.39, 0.29) is 6.85 Å². The van der Waals surface area contributed by atoms with E-state index in [2.05, 4.69) is 246 Å². The Balaban J connectivity index is 1.10. The Morgan fingerprint density at radius 2 is 0.894 bits per heavy atom. The quantitative estimate of drug-likeness (QED) is 0.161. The van der Waals surface area contributed by atoms with Gasteiger partial charge in [-0.1, -0.05) is 182 Å². The zero-order valence-electron chi connectivity index (χ0n) is 35.9. The highest BCUT2D eigenvalue weighted by Gasteiger charge is 2.47. The molecule has 0 atom stereocenters. The average molecular weight is 839 g/mol. The second-order valence-corrected chi connectivity index (χ2v) is 17.6. The molecule has 306 valence electrons. The van der Waals surface area contributed by atoms with Crippen molar-refractivity contribution in [3.63, 3.8) is 0 Å². The minimum atomic E-state index is -0.217. The summed E-state index contributed by atoms with van der Waals surface area (Å²) >= 11 is 0. The fourth-order valence-electron chi connectivity index (χ4n) is 10.9. The van der Waals surface area contributed by atoms with Gasteiger partial charge in [0.1, 0.15) is 5.58 Å². The predicted octanol–water partition coefficient (Wildman–Crippen LogP) is 15.6. The third kappa shape index (κ3) is 5.58. The molecule has 66 heavy (non-hydrogen) atoms. The molecule has 11 aromatic carbocycles. The van der Waals surface area contributed by atoms with Gasteiger partial charge in [-0.05, 0) is 121 Å². The molecule has 0 radical (unpaired) electrons. The second-order valence-electron chi connectivity index (χ2n) is 17.6. The maximum absolute atomic E-state index is 7.21. The van der Waals surface area contributed by atoms with Gasteiger partial charge in [-0.3, -0.25) is 0 Å². The first-order valence-corrected chi connectivity index (χ1v) is 22.8. The van der Waals surface area contributed by atoms with Crippen molar-refractivity contribution in [3.8, 4) is 44.5 Å². The van der Waals surface area contributed by atoms with E-state index in [1.807, 2.05) is 0 Å². The van der Waals surface area contributed by atoms with Crippen LogP contribution in [0.15, 0.2) is 241 Å². The highest BCUT2D eigenvalue weighted by atomic mass is 16.3. The first-order chi connectivity index (χ1) is 32.7. The van der Waals surface area contributed by atoms with Crippen LogP contribution in [-0.2, 0) is 0 Å². The molecule has 2 aliphatic rings. The van der Waals surface area contributed by atoms with E-state index in [1.54, 1.807) is 0 Å². The largest absolute Gasteiger partial charge is 0.454 e. The Bertz CT molecular complexity index is 3860. The number of hydrogen-bond acceptors (Lipinski definition) is 3. The molecule has 0 aliphatic carbocycles. The summed E-state index contributed by atoms with van der Waals surface area (Å²) in [6.07, 6.45) is 0. The lowest BCUT2D eigenvalue weighted by molar-refractivity contribution is 0.670. The van der Waals surface area contributed by atoms with E-state index in [1.165, 1.54) is 77.1 Å². The lowest BCUT2D eigenvalue weighted by Gasteiger charge is -2.46. The number of rotatable bonds is 5. The van der Waals surface area contributed by atoms with Crippen molar-refractivity contribution in [2.75, 3.05) is 9.71 Å². The Labute approximate surface area is 383 Å². The van der Waals surface area contributed by atoms with Crippen LogP contribution in [0, 0.1) is 0 Å². The van der Waals surface area contributed by atoms with Gasteiger partial charge in [0.2, 0.25) is 0 Å². The molecule has 0 unspecified atom stereocenters. The molecule has 3 heterocycles. The lowest BCUT2D eigenvalue weighted by atomic mass is 9.43. The molecule has 0 saturated heterocycles. The van der Waals surface area contributed by atoms with Crippen LogP contribution in [0.3, 0.4) is 0 Å². The molecular weight excluding hydrogens is 800 g/mol. The summed E-state index contributed by atoms with van der Waals surface area (Å²) < 4.78 is 7.21. The third-order valence-corrected chi connectivity index (χ3v) is 14.0. The number of anilines is 5. The molecule has 14 rings (SSSR count). The van der Waals surface area contributed by atoms with Crippen LogP contribution in [-0.4, -0.2) is 6.85 Å². The highest BCUT2D eigenvalue weighted by molar-refractivity contribution is 6.94. The molecule has 4 heteroatoms. The molecular formula is C62H39BN2O. The summed E-state index contributed by atoms with van der Waals surface area (Å²) in [5.74, 6) is 0. The van der Waals surface area contributed by atoms with Crippen molar-refractivity contribution >= 4 is 89.7 Å². The highest BCUT2D eigenvalue weighted by Crippen LogP contribution is 2.52.